The SMILES string of the molecule is CCCC(Cc1cccc(-c2ccc(C(F)(F)F)cc2)c1Cc1ccc(F)c(N2CCC(C)(C)CC2)c1)C(=O)O. The standard InChI is InChI=1S/C33H37F4NO2/c1-4-6-25(31(39)40)21-24-7-5-8-27(23-10-12-26(13-11-23)33(35,36)37)28(24)19-22-9-14-29(34)30(20-22)38-17-15-32(2,3)16-18-38/h5,7-14,20,25H,4,6,15-19,21H2,1-3H3,(H,39,40). The summed E-state index contributed by atoms with van der Waals surface area (Å²) in [6.07, 6.45) is -0.562. The minimum absolute atomic E-state index is 0.221. The molecule has 1 saturated heterocycles. The Labute approximate surface area is 233 Å². The Morgan fingerprint density at radius 1 is 1.02 bits per heavy atom. The van der Waals surface area contributed by atoms with Crippen molar-refractivity contribution < 1.29 is 27.5 Å². The van der Waals surface area contributed by atoms with Crippen LogP contribution in [0.4, 0.5) is 23.2 Å². The summed E-state index contributed by atoms with van der Waals surface area (Å²) >= 11 is 0. The quantitative estimate of drug-likeness (QED) is 0.268. The van der Waals surface area contributed by atoms with Gasteiger partial charge in [-0.1, -0.05) is 63.6 Å². The molecule has 1 atom stereocenters. The topological polar surface area (TPSA) is 40.5 Å². The smallest absolute Gasteiger partial charge is 0.416 e. The fourth-order valence-electron chi connectivity index (χ4n) is 5.54. The van der Waals surface area contributed by atoms with Gasteiger partial charge in [-0.3, -0.25) is 4.79 Å². The summed E-state index contributed by atoms with van der Waals surface area (Å²) < 4.78 is 54.7. The highest BCUT2D eigenvalue weighted by Gasteiger charge is 2.30. The molecule has 1 aliphatic rings. The molecule has 0 radical (unpaired) electrons. The van der Waals surface area contributed by atoms with Gasteiger partial charge < -0.3 is 10.0 Å². The number of alkyl halides is 3. The number of benzene rings is 3. The van der Waals surface area contributed by atoms with Crippen LogP contribution in [0.15, 0.2) is 60.7 Å². The molecule has 0 amide bonds. The highest BCUT2D eigenvalue weighted by atomic mass is 19.4. The normalized spacial score (nSPS) is 16.1. The second kappa shape index (κ2) is 12.0. The van der Waals surface area contributed by atoms with Crippen molar-refractivity contribution in [2.75, 3.05) is 18.0 Å². The van der Waals surface area contributed by atoms with Crippen molar-refractivity contribution in [1.29, 1.82) is 0 Å². The van der Waals surface area contributed by atoms with Gasteiger partial charge in [0, 0.05) is 13.1 Å². The number of aliphatic carboxylic acids is 1. The van der Waals surface area contributed by atoms with Gasteiger partial charge >= 0.3 is 12.1 Å². The van der Waals surface area contributed by atoms with Crippen LogP contribution in [0, 0.1) is 17.2 Å². The number of carbonyl (C=O) groups is 1. The molecule has 1 fully saturated rings. The van der Waals surface area contributed by atoms with E-state index in [1.165, 1.54) is 18.2 Å². The predicted octanol–water partition coefficient (Wildman–Crippen LogP) is 8.77. The van der Waals surface area contributed by atoms with Crippen LogP contribution in [-0.2, 0) is 23.8 Å². The van der Waals surface area contributed by atoms with Crippen molar-refractivity contribution in [2.45, 2.75) is 65.5 Å². The van der Waals surface area contributed by atoms with E-state index in [0.717, 1.165) is 66.7 Å². The van der Waals surface area contributed by atoms with Gasteiger partial charge in [0.05, 0.1) is 17.2 Å². The third-order valence-electron chi connectivity index (χ3n) is 8.10. The van der Waals surface area contributed by atoms with E-state index in [4.69, 9.17) is 0 Å². The summed E-state index contributed by atoms with van der Waals surface area (Å²) in [5.41, 5.74) is 3.96. The number of halogens is 4. The Morgan fingerprint density at radius 2 is 1.70 bits per heavy atom. The fraction of sp³-hybridized carbons (Fsp3) is 0.424. The zero-order chi connectivity index (χ0) is 29.1. The zero-order valence-electron chi connectivity index (χ0n) is 23.3. The van der Waals surface area contributed by atoms with Crippen LogP contribution >= 0.6 is 0 Å². The maximum absolute atomic E-state index is 15.0. The van der Waals surface area contributed by atoms with Gasteiger partial charge in [-0.15, -0.1) is 0 Å². The fourth-order valence-corrected chi connectivity index (χ4v) is 5.54. The lowest BCUT2D eigenvalue weighted by molar-refractivity contribution is -0.142. The summed E-state index contributed by atoms with van der Waals surface area (Å²) in [6, 6.07) is 15.7. The van der Waals surface area contributed by atoms with Crippen LogP contribution in [-0.4, -0.2) is 24.2 Å². The first-order chi connectivity index (χ1) is 18.9. The molecule has 1 heterocycles. The Bertz CT molecular complexity index is 1320. The highest BCUT2D eigenvalue weighted by molar-refractivity contribution is 5.73. The third-order valence-corrected chi connectivity index (χ3v) is 8.10. The van der Waals surface area contributed by atoms with E-state index in [1.807, 2.05) is 31.2 Å². The van der Waals surface area contributed by atoms with Gasteiger partial charge in [0.1, 0.15) is 5.82 Å². The van der Waals surface area contributed by atoms with Gasteiger partial charge in [0.2, 0.25) is 0 Å². The maximum Gasteiger partial charge on any atom is 0.416 e. The van der Waals surface area contributed by atoms with E-state index in [-0.39, 0.29) is 11.2 Å². The number of carboxylic acids is 1. The molecule has 3 aromatic carbocycles. The maximum atomic E-state index is 15.0. The van der Waals surface area contributed by atoms with Gasteiger partial charge in [0.15, 0.2) is 0 Å². The minimum Gasteiger partial charge on any atom is -0.481 e. The average molecular weight is 556 g/mol. The molecule has 214 valence electrons. The summed E-state index contributed by atoms with van der Waals surface area (Å²) in [5, 5.41) is 9.83. The van der Waals surface area contributed by atoms with E-state index in [0.29, 0.717) is 30.5 Å². The molecule has 1 unspecified atom stereocenters. The van der Waals surface area contributed by atoms with Crippen LogP contribution in [0.2, 0.25) is 0 Å². The first kappa shape index (κ1) is 29.6. The number of nitrogens with zero attached hydrogens (tertiary/aromatic N) is 1. The van der Waals surface area contributed by atoms with E-state index < -0.39 is 23.6 Å². The second-order valence-corrected chi connectivity index (χ2v) is 11.7. The first-order valence-corrected chi connectivity index (χ1v) is 13.9. The van der Waals surface area contributed by atoms with Gasteiger partial charge in [-0.25, -0.2) is 4.39 Å². The molecule has 3 nitrogen and oxygen atoms in total. The highest BCUT2D eigenvalue weighted by Crippen LogP contribution is 2.36. The molecule has 1 aliphatic heterocycles. The summed E-state index contributed by atoms with van der Waals surface area (Å²) in [4.78, 5) is 14.1. The Hall–Kier alpha value is -3.35. The van der Waals surface area contributed by atoms with E-state index in [9.17, 15) is 27.5 Å². The monoisotopic (exact) mass is 555 g/mol. The molecule has 40 heavy (non-hydrogen) atoms. The van der Waals surface area contributed by atoms with Crippen molar-refractivity contribution in [2.24, 2.45) is 11.3 Å². The van der Waals surface area contributed by atoms with Crippen molar-refractivity contribution in [3.63, 3.8) is 0 Å². The van der Waals surface area contributed by atoms with Crippen LogP contribution in [0.25, 0.3) is 11.1 Å². The van der Waals surface area contributed by atoms with Crippen LogP contribution in [0.3, 0.4) is 0 Å². The molecule has 4 rings (SSSR count). The van der Waals surface area contributed by atoms with Gasteiger partial charge in [-0.2, -0.15) is 13.2 Å². The lowest BCUT2D eigenvalue weighted by Crippen LogP contribution is -2.37. The van der Waals surface area contributed by atoms with Crippen molar-refractivity contribution >= 4 is 11.7 Å². The van der Waals surface area contributed by atoms with E-state index >= 15 is 0 Å². The summed E-state index contributed by atoms with van der Waals surface area (Å²) in [5.74, 6) is -1.73. The van der Waals surface area contributed by atoms with Crippen molar-refractivity contribution in [1.82, 2.24) is 0 Å². The largest absolute Gasteiger partial charge is 0.481 e. The van der Waals surface area contributed by atoms with Crippen LogP contribution < -0.4 is 4.90 Å². The average Bonchev–Trinajstić information content (AvgIpc) is 2.90. The lowest BCUT2D eigenvalue weighted by atomic mass is 9.82. The second-order valence-electron chi connectivity index (χ2n) is 11.7. The van der Waals surface area contributed by atoms with Gasteiger partial charge in [0.25, 0.3) is 0 Å². The van der Waals surface area contributed by atoms with Crippen LogP contribution in [0.5, 0.6) is 0 Å². The molecule has 0 spiro atoms. The zero-order valence-corrected chi connectivity index (χ0v) is 23.3. The molecule has 0 aliphatic carbocycles. The van der Waals surface area contributed by atoms with E-state index in [2.05, 4.69) is 18.7 Å². The predicted molar refractivity (Wildman–Crippen MR) is 151 cm³/mol. The van der Waals surface area contributed by atoms with Crippen molar-refractivity contribution in [3.05, 3.63) is 88.7 Å². The Balaban J connectivity index is 1.74. The Kier molecular flexibility index (Phi) is 8.91. The molecule has 0 aromatic heterocycles. The first-order valence-electron chi connectivity index (χ1n) is 13.9. The number of piperidine rings is 1. The van der Waals surface area contributed by atoms with Crippen LogP contribution in [0.1, 0.15) is 68.7 Å². The Morgan fingerprint density at radius 3 is 2.30 bits per heavy atom. The van der Waals surface area contributed by atoms with E-state index in [1.54, 1.807) is 6.07 Å². The number of hydrogen-bond acceptors (Lipinski definition) is 2. The van der Waals surface area contributed by atoms with Gasteiger partial charge in [-0.05, 0) is 89.6 Å². The molecule has 0 bridgehead atoms. The van der Waals surface area contributed by atoms with Crippen molar-refractivity contribution in [3.8, 4) is 11.1 Å². The number of carboxylic acid groups (broad SMARTS) is 1. The number of rotatable bonds is 9. The lowest BCUT2D eigenvalue weighted by Gasteiger charge is -2.38. The molecule has 3 aromatic rings. The number of hydrogen-bond donors (Lipinski definition) is 1. The molecular formula is C33H37F4NO2. The number of anilines is 1. The summed E-state index contributed by atoms with van der Waals surface area (Å²) in [7, 11) is 0. The molecule has 0 saturated carbocycles. The minimum atomic E-state index is -4.44. The third kappa shape index (κ3) is 7.04. The molecule has 1 N–H and O–H groups in total. The molecule has 7 heteroatoms. The molecular weight excluding hydrogens is 518 g/mol. The summed E-state index contributed by atoms with van der Waals surface area (Å²) in [6.45, 7) is 7.91.